The Morgan fingerprint density at radius 2 is 1.94 bits per heavy atom. The van der Waals surface area contributed by atoms with Crippen molar-refractivity contribution in [3.05, 3.63) is 0 Å². The molecule has 1 aliphatic rings. The highest BCUT2D eigenvalue weighted by Gasteiger charge is 2.32. The molecular weight excluding hydrogens is 206 g/mol. The zero-order valence-corrected chi connectivity index (χ0v) is 10.3. The molecule has 0 aromatic heterocycles. The van der Waals surface area contributed by atoms with Crippen LogP contribution in [0.2, 0.25) is 0 Å². The maximum absolute atomic E-state index is 11.8. The minimum Gasteiger partial charge on any atom is -0.464 e. The third-order valence-electron chi connectivity index (χ3n) is 3.46. The highest BCUT2D eigenvalue weighted by atomic mass is 16.5. The summed E-state index contributed by atoms with van der Waals surface area (Å²) in [5, 5.41) is 0. The predicted molar refractivity (Wildman–Crippen MR) is 62.0 cm³/mol. The Kier molecular flexibility index (Phi) is 5.22. The smallest absolute Gasteiger partial charge is 0.326 e. The van der Waals surface area contributed by atoms with Crippen LogP contribution in [0.5, 0.6) is 0 Å². The molecule has 0 amide bonds. The molecule has 1 aliphatic heterocycles. The molecule has 4 heteroatoms. The number of carbonyl (C=O) groups excluding carboxylic acids is 1. The van der Waals surface area contributed by atoms with Gasteiger partial charge in [-0.2, -0.15) is 0 Å². The fourth-order valence-corrected chi connectivity index (χ4v) is 1.79. The van der Waals surface area contributed by atoms with Crippen molar-refractivity contribution in [2.75, 3.05) is 19.8 Å². The molecule has 1 heterocycles. The first-order valence-electron chi connectivity index (χ1n) is 6.16. The SMILES string of the molecule is CCC(N)(CC)C(=O)OCC1CCOCC1. The van der Waals surface area contributed by atoms with Crippen LogP contribution >= 0.6 is 0 Å². The molecule has 1 fully saturated rings. The molecule has 0 radical (unpaired) electrons. The van der Waals surface area contributed by atoms with Gasteiger partial charge in [-0.25, -0.2) is 0 Å². The molecular formula is C12H23NO3. The lowest BCUT2D eigenvalue weighted by Gasteiger charge is -2.27. The van der Waals surface area contributed by atoms with Crippen molar-refractivity contribution >= 4 is 5.97 Å². The third-order valence-corrected chi connectivity index (χ3v) is 3.46. The van der Waals surface area contributed by atoms with Crippen molar-refractivity contribution in [2.24, 2.45) is 11.7 Å². The zero-order valence-electron chi connectivity index (χ0n) is 10.3. The number of rotatable bonds is 5. The second kappa shape index (κ2) is 6.21. The summed E-state index contributed by atoms with van der Waals surface area (Å²) >= 11 is 0. The van der Waals surface area contributed by atoms with Gasteiger partial charge in [0.05, 0.1) is 6.61 Å². The van der Waals surface area contributed by atoms with E-state index in [1.54, 1.807) is 0 Å². The van der Waals surface area contributed by atoms with E-state index in [2.05, 4.69) is 0 Å². The van der Waals surface area contributed by atoms with Gasteiger partial charge in [-0.3, -0.25) is 4.79 Å². The number of carbonyl (C=O) groups is 1. The maximum atomic E-state index is 11.8. The Morgan fingerprint density at radius 3 is 2.44 bits per heavy atom. The van der Waals surface area contributed by atoms with E-state index in [0.717, 1.165) is 26.1 Å². The second-order valence-electron chi connectivity index (χ2n) is 4.52. The van der Waals surface area contributed by atoms with Gasteiger partial charge < -0.3 is 15.2 Å². The lowest BCUT2D eigenvalue weighted by Crippen LogP contribution is -2.48. The van der Waals surface area contributed by atoms with E-state index in [1.807, 2.05) is 13.8 Å². The van der Waals surface area contributed by atoms with E-state index in [9.17, 15) is 4.79 Å². The minimum atomic E-state index is -0.800. The molecule has 1 rings (SSSR count). The molecule has 0 saturated carbocycles. The first kappa shape index (κ1) is 13.5. The van der Waals surface area contributed by atoms with Crippen LogP contribution in [0.3, 0.4) is 0 Å². The number of hydrogen-bond donors (Lipinski definition) is 1. The van der Waals surface area contributed by atoms with Crippen LogP contribution in [-0.2, 0) is 14.3 Å². The van der Waals surface area contributed by atoms with Gasteiger partial charge in [-0.1, -0.05) is 13.8 Å². The average Bonchev–Trinajstić information content (AvgIpc) is 2.36. The Balaban J connectivity index is 2.33. The first-order chi connectivity index (χ1) is 7.62. The summed E-state index contributed by atoms with van der Waals surface area (Å²) in [6.07, 6.45) is 3.19. The van der Waals surface area contributed by atoms with E-state index >= 15 is 0 Å². The lowest BCUT2D eigenvalue weighted by atomic mass is 9.94. The van der Waals surface area contributed by atoms with Crippen molar-refractivity contribution in [1.82, 2.24) is 0 Å². The monoisotopic (exact) mass is 229 g/mol. The molecule has 0 aromatic rings. The van der Waals surface area contributed by atoms with Gasteiger partial charge in [-0.15, -0.1) is 0 Å². The summed E-state index contributed by atoms with van der Waals surface area (Å²) in [4.78, 5) is 11.8. The van der Waals surface area contributed by atoms with Gasteiger partial charge >= 0.3 is 5.97 Å². The van der Waals surface area contributed by atoms with Crippen molar-refractivity contribution in [1.29, 1.82) is 0 Å². The molecule has 0 spiro atoms. The van der Waals surface area contributed by atoms with E-state index in [4.69, 9.17) is 15.2 Å². The fraction of sp³-hybridized carbons (Fsp3) is 0.917. The van der Waals surface area contributed by atoms with Crippen LogP contribution in [0.25, 0.3) is 0 Å². The molecule has 94 valence electrons. The van der Waals surface area contributed by atoms with E-state index in [1.165, 1.54) is 0 Å². The van der Waals surface area contributed by atoms with E-state index in [-0.39, 0.29) is 5.97 Å². The molecule has 2 N–H and O–H groups in total. The lowest BCUT2D eigenvalue weighted by molar-refractivity contribution is -0.152. The van der Waals surface area contributed by atoms with Crippen molar-refractivity contribution in [3.8, 4) is 0 Å². The molecule has 0 aromatic carbocycles. The van der Waals surface area contributed by atoms with Crippen LogP contribution in [0.4, 0.5) is 0 Å². The van der Waals surface area contributed by atoms with Crippen LogP contribution < -0.4 is 5.73 Å². The average molecular weight is 229 g/mol. The topological polar surface area (TPSA) is 61.6 Å². The largest absolute Gasteiger partial charge is 0.464 e. The summed E-state index contributed by atoms with van der Waals surface area (Å²) in [5.74, 6) is 0.180. The highest BCUT2D eigenvalue weighted by Crippen LogP contribution is 2.18. The molecule has 0 atom stereocenters. The number of ether oxygens (including phenoxy) is 2. The van der Waals surface area contributed by atoms with Gasteiger partial charge in [0.25, 0.3) is 0 Å². The van der Waals surface area contributed by atoms with Gasteiger partial charge in [-0.05, 0) is 31.6 Å². The molecule has 16 heavy (non-hydrogen) atoms. The standard InChI is InChI=1S/C12H23NO3/c1-3-12(13,4-2)11(14)16-9-10-5-7-15-8-6-10/h10H,3-9,13H2,1-2H3. The van der Waals surface area contributed by atoms with Crippen LogP contribution in [0.1, 0.15) is 39.5 Å². The van der Waals surface area contributed by atoms with Crippen molar-refractivity contribution < 1.29 is 14.3 Å². The van der Waals surface area contributed by atoms with E-state index in [0.29, 0.717) is 25.4 Å². The number of esters is 1. The van der Waals surface area contributed by atoms with E-state index < -0.39 is 5.54 Å². The molecule has 0 unspecified atom stereocenters. The predicted octanol–water partition coefficient (Wildman–Crippen LogP) is 1.47. The molecule has 0 aliphatic carbocycles. The summed E-state index contributed by atoms with van der Waals surface area (Å²) < 4.78 is 10.6. The summed E-state index contributed by atoms with van der Waals surface area (Å²) in [6, 6.07) is 0. The quantitative estimate of drug-likeness (QED) is 0.725. The van der Waals surface area contributed by atoms with Gasteiger partial charge in [0.15, 0.2) is 0 Å². The third kappa shape index (κ3) is 3.46. The Morgan fingerprint density at radius 1 is 1.38 bits per heavy atom. The van der Waals surface area contributed by atoms with Crippen LogP contribution in [0, 0.1) is 5.92 Å². The van der Waals surface area contributed by atoms with Gasteiger partial charge in [0.2, 0.25) is 0 Å². The van der Waals surface area contributed by atoms with Crippen molar-refractivity contribution in [2.45, 2.75) is 45.1 Å². The van der Waals surface area contributed by atoms with Gasteiger partial charge in [0, 0.05) is 13.2 Å². The van der Waals surface area contributed by atoms with Crippen molar-refractivity contribution in [3.63, 3.8) is 0 Å². The Hall–Kier alpha value is -0.610. The molecule has 1 saturated heterocycles. The highest BCUT2D eigenvalue weighted by molar-refractivity contribution is 5.80. The summed E-state index contributed by atoms with van der Waals surface area (Å²) in [6.45, 7) is 5.87. The second-order valence-corrected chi connectivity index (χ2v) is 4.52. The summed E-state index contributed by atoms with van der Waals surface area (Å²) in [7, 11) is 0. The summed E-state index contributed by atoms with van der Waals surface area (Å²) in [5.41, 5.74) is 5.16. The zero-order chi connectivity index (χ0) is 12.0. The van der Waals surface area contributed by atoms with Crippen LogP contribution in [0.15, 0.2) is 0 Å². The minimum absolute atomic E-state index is 0.260. The fourth-order valence-electron chi connectivity index (χ4n) is 1.79. The number of hydrogen-bond acceptors (Lipinski definition) is 4. The van der Waals surface area contributed by atoms with Crippen LogP contribution in [-0.4, -0.2) is 31.3 Å². The number of nitrogens with two attached hydrogens (primary N) is 1. The normalized spacial score (nSPS) is 18.4. The molecule has 4 nitrogen and oxygen atoms in total. The Labute approximate surface area is 97.5 Å². The maximum Gasteiger partial charge on any atom is 0.326 e. The Bertz CT molecular complexity index is 220. The molecule has 0 bridgehead atoms. The first-order valence-corrected chi connectivity index (χ1v) is 6.16. The van der Waals surface area contributed by atoms with Gasteiger partial charge in [0.1, 0.15) is 5.54 Å².